The third-order valence-corrected chi connectivity index (χ3v) is 5.02. The summed E-state index contributed by atoms with van der Waals surface area (Å²) in [6.45, 7) is 3.58. The number of rotatable bonds is 7. The molecule has 0 spiro atoms. The number of sulfonamides is 1. The van der Waals surface area contributed by atoms with E-state index in [1.54, 1.807) is 42.7 Å². The summed E-state index contributed by atoms with van der Waals surface area (Å²) in [4.78, 5) is 13.9. The minimum Gasteiger partial charge on any atom is -0.322 e. The van der Waals surface area contributed by atoms with Crippen molar-refractivity contribution < 1.29 is 13.2 Å². The first-order valence-electron chi connectivity index (χ1n) is 7.98. The van der Waals surface area contributed by atoms with E-state index in [-0.39, 0.29) is 17.0 Å². The predicted octanol–water partition coefficient (Wildman–Crippen LogP) is 1.98. The fourth-order valence-electron chi connectivity index (χ4n) is 2.29. The minimum absolute atomic E-state index is 0.0112. The number of hydrogen-bond donors (Lipinski definition) is 2. The summed E-state index contributed by atoms with van der Waals surface area (Å²) in [5.41, 5.74) is 1.54. The van der Waals surface area contributed by atoms with Gasteiger partial charge in [-0.1, -0.05) is 12.1 Å². The molecule has 0 aliphatic carbocycles. The Morgan fingerprint density at radius 3 is 2.48 bits per heavy atom. The van der Waals surface area contributed by atoms with Crippen LogP contribution >= 0.6 is 0 Å². The Bertz CT molecular complexity index is 1040. The molecule has 9 heteroatoms. The van der Waals surface area contributed by atoms with Gasteiger partial charge in [-0.05, 0) is 42.5 Å². The molecule has 0 aliphatic rings. The summed E-state index contributed by atoms with van der Waals surface area (Å²) < 4.78 is 26.7. The van der Waals surface area contributed by atoms with Gasteiger partial charge in [0, 0.05) is 17.8 Å². The normalized spacial score (nSPS) is 11.1. The van der Waals surface area contributed by atoms with Crippen molar-refractivity contribution in [3.05, 3.63) is 79.1 Å². The fraction of sp³-hybridized carbons (Fsp3) is 0.0556. The number of nitrogens with zero attached hydrogens (tertiary/aromatic N) is 3. The molecule has 0 saturated carbocycles. The highest BCUT2D eigenvalue weighted by atomic mass is 32.2. The molecule has 0 bridgehead atoms. The van der Waals surface area contributed by atoms with Gasteiger partial charge in [-0.3, -0.25) is 4.79 Å². The molecule has 0 radical (unpaired) electrons. The third-order valence-electron chi connectivity index (χ3n) is 3.60. The molecule has 27 heavy (non-hydrogen) atoms. The van der Waals surface area contributed by atoms with E-state index in [0.29, 0.717) is 5.69 Å². The van der Waals surface area contributed by atoms with Crippen molar-refractivity contribution in [3.63, 3.8) is 0 Å². The zero-order valence-electron chi connectivity index (χ0n) is 14.2. The van der Waals surface area contributed by atoms with E-state index >= 15 is 0 Å². The van der Waals surface area contributed by atoms with E-state index in [0.717, 1.165) is 5.69 Å². The lowest BCUT2D eigenvalue weighted by Gasteiger charge is -2.09. The summed E-state index contributed by atoms with van der Waals surface area (Å²) in [6.07, 6.45) is 4.58. The first-order chi connectivity index (χ1) is 13.0. The fourth-order valence-corrected chi connectivity index (χ4v) is 3.33. The van der Waals surface area contributed by atoms with Gasteiger partial charge in [0.05, 0.1) is 23.0 Å². The van der Waals surface area contributed by atoms with Crippen molar-refractivity contribution in [2.75, 3.05) is 11.9 Å². The highest BCUT2D eigenvalue weighted by Gasteiger charge is 2.15. The third kappa shape index (κ3) is 4.46. The van der Waals surface area contributed by atoms with Crippen LogP contribution in [0.3, 0.4) is 0 Å². The maximum atomic E-state index is 12.4. The number of nitrogens with one attached hydrogen (secondary N) is 2. The van der Waals surface area contributed by atoms with E-state index in [4.69, 9.17) is 0 Å². The van der Waals surface area contributed by atoms with Crippen LogP contribution < -0.4 is 10.0 Å². The average molecular weight is 383 g/mol. The number of anilines is 1. The van der Waals surface area contributed by atoms with Gasteiger partial charge in [-0.2, -0.15) is 15.0 Å². The summed E-state index contributed by atoms with van der Waals surface area (Å²) in [7, 11) is -3.70. The van der Waals surface area contributed by atoms with Crippen LogP contribution in [0.1, 0.15) is 10.4 Å². The highest BCUT2D eigenvalue weighted by molar-refractivity contribution is 7.89. The zero-order valence-corrected chi connectivity index (χ0v) is 15.1. The first kappa shape index (κ1) is 18.5. The van der Waals surface area contributed by atoms with Gasteiger partial charge in [0.2, 0.25) is 10.0 Å². The van der Waals surface area contributed by atoms with Crippen LogP contribution in [-0.2, 0) is 10.0 Å². The topological polar surface area (TPSA) is 106 Å². The summed E-state index contributed by atoms with van der Waals surface area (Å²) in [5.74, 6) is -0.416. The highest BCUT2D eigenvalue weighted by Crippen LogP contribution is 2.15. The molecule has 1 aromatic heterocycles. The standard InChI is InChI=1S/C18H17N5O3S/c1-2-10-21-27(25,26)17-5-3-4-14(13-17)18(24)22-15-6-8-16(9-7-15)23-19-11-12-20-23/h2-9,11-13,21H,1,10H2,(H,22,24). The average Bonchev–Trinajstić information content (AvgIpc) is 3.22. The van der Waals surface area contributed by atoms with E-state index in [9.17, 15) is 13.2 Å². The second-order valence-corrected chi connectivity index (χ2v) is 7.25. The van der Waals surface area contributed by atoms with Crippen LogP contribution in [0.5, 0.6) is 0 Å². The van der Waals surface area contributed by atoms with Gasteiger partial charge in [0.1, 0.15) is 0 Å². The Morgan fingerprint density at radius 2 is 1.81 bits per heavy atom. The molecule has 3 rings (SSSR count). The number of carbonyl (C=O) groups excluding carboxylic acids is 1. The van der Waals surface area contributed by atoms with Crippen LogP contribution in [0.4, 0.5) is 5.69 Å². The molecule has 0 saturated heterocycles. The maximum absolute atomic E-state index is 12.4. The molecular formula is C18H17N5O3S. The maximum Gasteiger partial charge on any atom is 0.255 e. The Kier molecular flexibility index (Phi) is 5.43. The second kappa shape index (κ2) is 7.94. The molecule has 2 aromatic carbocycles. The summed E-state index contributed by atoms with van der Waals surface area (Å²) >= 11 is 0. The molecule has 1 heterocycles. The Labute approximate surface area is 156 Å². The van der Waals surface area contributed by atoms with Gasteiger partial charge in [-0.25, -0.2) is 13.1 Å². The van der Waals surface area contributed by atoms with Gasteiger partial charge >= 0.3 is 0 Å². The monoisotopic (exact) mass is 383 g/mol. The quantitative estimate of drug-likeness (QED) is 0.607. The smallest absolute Gasteiger partial charge is 0.255 e. The van der Waals surface area contributed by atoms with Crippen molar-refractivity contribution in [1.29, 1.82) is 0 Å². The van der Waals surface area contributed by atoms with Crippen LogP contribution in [-0.4, -0.2) is 35.9 Å². The molecule has 0 aliphatic heterocycles. The lowest BCUT2D eigenvalue weighted by molar-refractivity contribution is 0.102. The van der Waals surface area contributed by atoms with Gasteiger partial charge in [0.25, 0.3) is 5.91 Å². The predicted molar refractivity (Wildman–Crippen MR) is 101 cm³/mol. The number of aromatic nitrogens is 3. The lowest BCUT2D eigenvalue weighted by Crippen LogP contribution is -2.24. The van der Waals surface area contributed by atoms with E-state index in [1.807, 2.05) is 0 Å². The minimum atomic E-state index is -3.70. The number of carbonyl (C=O) groups is 1. The van der Waals surface area contributed by atoms with Crippen molar-refractivity contribution >= 4 is 21.6 Å². The lowest BCUT2D eigenvalue weighted by atomic mass is 10.2. The van der Waals surface area contributed by atoms with E-state index in [1.165, 1.54) is 29.1 Å². The van der Waals surface area contributed by atoms with E-state index < -0.39 is 15.9 Å². The van der Waals surface area contributed by atoms with Crippen LogP contribution in [0.2, 0.25) is 0 Å². The van der Waals surface area contributed by atoms with Gasteiger partial charge < -0.3 is 5.32 Å². The van der Waals surface area contributed by atoms with Crippen LogP contribution in [0.15, 0.2) is 78.5 Å². The Balaban J connectivity index is 1.75. The van der Waals surface area contributed by atoms with Crippen LogP contribution in [0.25, 0.3) is 5.69 Å². The molecule has 3 aromatic rings. The molecule has 138 valence electrons. The molecular weight excluding hydrogens is 366 g/mol. The van der Waals surface area contributed by atoms with Crippen molar-refractivity contribution in [1.82, 2.24) is 19.7 Å². The SMILES string of the molecule is C=CCNS(=O)(=O)c1cccc(C(=O)Nc2ccc(-n3nccn3)cc2)c1. The van der Waals surface area contributed by atoms with E-state index in [2.05, 4.69) is 26.8 Å². The first-order valence-corrected chi connectivity index (χ1v) is 9.46. The van der Waals surface area contributed by atoms with Gasteiger partial charge in [-0.15, -0.1) is 6.58 Å². The molecule has 0 atom stereocenters. The van der Waals surface area contributed by atoms with Crippen LogP contribution in [0, 0.1) is 0 Å². The van der Waals surface area contributed by atoms with Gasteiger partial charge in [0.15, 0.2) is 0 Å². The van der Waals surface area contributed by atoms with Crippen molar-refractivity contribution in [3.8, 4) is 5.69 Å². The Hall–Kier alpha value is -3.30. The Morgan fingerprint density at radius 1 is 1.11 bits per heavy atom. The second-order valence-electron chi connectivity index (χ2n) is 5.49. The zero-order chi connectivity index (χ0) is 19.3. The summed E-state index contributed by atoms with van der Waals surface area (Å²) in [6, 6.07) is 12.8. The summed E-state index contributed by atoms with van der Waals surface area (Å²) in [5, 5.41) is 10.8. The molecule has 2 N–H and O–H groups in total. The molecule has 8 nitrogen and oxygen atoms in total. The number of hydrogen-bond acceptors (Lipinski definition) is 5. The number of benzene rings is 2. The molecule has 0 fully saturated rings. The molecule has 0 unspecified atom stereocenters. The van der Waals surface area contributed by atoms with Crippen molar-refractivity contribution in [2.24, 2.45) is 0 Å². The van der Waals surface area contributed by atoms with Crippen molar-refractivity contribution in [2.45, 2.75) is 4.90 Å². The molecule has 1 amide bonds. The largest absolute Gasteiger partial charge is 0.322 e. The number of amides is 1.